The Hall–Kier alpha value is -1.58. The van der Waals surface area contributed by atoms with Gasteiger partial charge >= 0.3 is 0 Å². The van der Waals surface area contributed by atoms with Crippen molar-refractivity contribution in [2.24, 2.45) is 0 Å². The molecule has 0 unspecified atom stereocenters. The molecule has 0 fully saturated rings. The van der Waals surface area contributed by atoms with E-state index < -0.39 is 0 Å². The van der Waals surface area contributed by atoms with Gasteiger partial charge in [0.25, 0.3) is 5.91 Å². The molecule has 1 heterocycles. The third kappa shape index (κ3) is 2.65. The number of ketones is 1. The van der Waals surface area contributed by atoms with Gasteiger partial charge in [0.15, 0.2) is 5.78 Å². The summed E-state index contributed by atoms with van der Waals surface area (Å²) in [6, 6.07) is 0. The van der Waals surface area contributed by atoms with Crippen LogP contribution in [0.3, 0.4) is 0 Å². The van der Waals surface area contributed by atoms with Crippen LogP contribution in [0.1, 0.15) is 71.6 Å². The minimum Gasteiger partial charge on any atom is -0.354 e. The number of nitrogens with zero attached hydrogens (tertiary/aromatic N) is 1. The van der Waals surface area contributed by atoms with E-state index in [0.717, 1.165) is 55.6 Å². The molecule has 0 radical (unpaired) electrons. The number of hydrogen-bond donors (Lipinski definition) is 1. The maximum absolute atomic E-state index is 12.7. The lowest BCUT2D eigenvalue weighted by atomic mass is 9.94. The third-order valence-electron chi connectivity index (χ3n) is 3.93. The van der Waals surface area contributed by atoms with E-state index in [1.807, 2.05) is 11.8 Å². The molecule has 110 valence electrons. The molecule has 0 aromatic carbocycles. The first-order chi connectivity index (χ1) is 9.60. The molecule has 1 amide bonds. The zero-order valence-electron chi connectivity index (χ0n) is 12.7. The number of carbonyl (C=O) groups is 2. The highest BCUT2D eigenvalue weighted by Crippen LogP contribution is 2.27. The Labute approximate surface area is 120 Å². The largest absolute Gasteiger partial charge is 0.354 e. The van der Waals surface area contributed by atoms with E-state index in [0.29, 0.717) is 12.1 Å². The van der Waals surface area contributed by atoms with Crippen molar-refractivity contribution >= 4 is 11.7 Å². The number of amides is 1. The first-order valence-corrected chi connectivity index (χ1v) is 7.64. The molecule has 0 saturated carbocycles. The van der Waals surface area contributed by atoms with Crippen LogP contribution in [0.2, 0.25) is 0 Å². The number of nitrogens with one attached hydrogen (secondary N) is 1. The topological polar surface area (TPSA) is 53.2 Å². The Morgan fingerprint density at radius 2 is 1.85 bits per heavy atom. The first kappa shape index (κ1) is 14.8. The standard InChI is InChI=1S/C16H24N2O2/c1-4-9-18(10-5-2)16(20)15-11(3)14-12(17-15)7-6-8-13(14)19/h17H,4-10H2,1-3H3. The van der Waals surface area contributed by atoms with E-state index >= 15 is 0 Å². The van der Waals surface area contributed by atoms with Gasteiger partial charge in [-0.1, -0.05) is 13.8 Å². The van der Waals surface area contributed by atoms with Crippen molar-refractivity contribution in [2.45, 2.75) is 52.9 Å². The predicted molar refractivity (Wildman–Crippen MR) is 79.3 cm³/mol. The summed E-state index contributed by atoms with van der Waals surface area (Å²) in [6.07, 6.45) is 4.26. The molecular formula is C16H24N2O2. The van der Waals surface area contributed by atoms with Crippen LogP contribution in [0.4, 0.5) is 0 Å². The van der Waals surface area contributed by atoms with Gasteiger partial charge in [0.05, 0.1) is 0 Å². The van der Waals surface area contributed by atoms with Crippen molar-refractivity contribution in [1.82, 2.24) is 9.88 Å². The molecule has 1 N–H and O–H groups in total. The van der Waals surface area contributed by atoms with Gasteiger partial charge in [-0.05, 0) is 38.2 Å². The van der Waals surface area contributed by atoms with Gasteiger partial charge in [-0.15, -0.1) is 0 Å². The average Bonchev–Trinajstić information content (AvgIpc) is 2.76. The van der Waals surface area contributed by atoms with Crippen molar-refractivity contribution in [3.05, 3.63) is 22.5 Å². The molecule has 1 aromatic rings. The third-order valence-corrected chi connectivity index (χ3v) is 3.93. The monoisotopic (exact) mass is 276 g/mol. The zero-order chi connectivity index (χ0) is 14.7. The van der Waals surface area contributed by atoms with Gasteiger partial charge in [0.1, 0.15) is 5.69 Å². The molecule has 0 saturated heterocycles. The predicted octanol–water partition coefficient (Wildman–Crippen LogP) is 3.10. The minimum atomic E-state index is 0.0356. The highest BCUT2D eigenvalue weighted by atomic mass is 16.2. The van der Waals surface area contributed by atoms with Crippen LogP contribution in [-0.2, 0) is 6.42 Å². The number of Topliss-reactive ketones (excluding diaryl/α,β-unsaturated/α-hetero) is 1. The lowest BCUT2D eigenvalue weighted by Gasteiger charge is -2.21. The number of fused-ring (bicyclic) bond motifs is 1. The Morgan fingerprint density at radius 3 is 2.40 bits per heavy atom. The quantitative estimate of drug-likeness (QED) is 0.898. The number of carbonyl (C=O) groups excluding carboxylic acids is 2. The average molecular weight is 276 g/mol. The Kier molecular flexibility index (Phi) is 4.63. The highest BCUT2D eigenvalue weighted by Gasteiger charge is 2.27. The smallest absolute Gasteiger partial charge is 0.270 e. The molecule has 0 atom stereocenters. The van der Waals surface area contributed by atoms with Crippen molar-refractivity contribution in [2.75, 3.05) is 13.1 Å². The van der Waals surface area contributed by atoms with Crippen LogP contribution in [0.25, 0.3) is 0 Å². The Balaban J connectivity index is 2.32. The molecular weight excluding hydrogens is 252 g/mol. The first-order valence-electron chi connectivity index (χ1n) is 7.64. The second-order valence-corrected chi connectivity index (χ2v) is 5.55. The van der Waals surface area contributed by atoms with E-state index in [4.69, 9.17) is 0 Å². The van der Waals surface area contributed by atoms with E-state index in [-0.39, 0.29) is 11.7 Å². The summed E-state index contributed by atoms with van der Waals surface area (Å²) in [5.41, 5.74) is 3.18. The summed E-state index contributed by atoms with van der Waals surface area (Å²) in [4.78, 5) is 29.8. The fourth-order valence-corrected chi connectivity index (χ4v) is 3.00. The zero-order valence-corrected chi connectivity index (χ0v) is 12.7. The van der Waals surface area contributed by atoms with Gasteiger partial charge in [0.2, 0.25) is 0 Å². The minimum absolute atomic E-state index is 0.0356. The van der Waals surface area contributed by atoms with Crippen molar-refractivity contribution < 1.29 is 9.59 Å². The van der Waals surface area contributed by atoms with E-state index in [1.165, 1.54) is 0 Å². The van der Waals surface area contributed by atoms with E-state index in [1.54, 1.807) is 0 Å². The summed E-state index contributed by atoms with van der Waals surface area (Å²) in [5, 5.41) is 0. The van der Waals surface area contributed by atoms with E-state index in [2.05, 4.69) is 18.8 Å². The summed E-state index contributed by atoms with van der Waals surface area (Å²) in [7, 11) is 0. The summed E-state index contributed by atoms with van der Waals surface area (Å²) >= 11 is 0. The summed E-state index contributed by atoms with van der Waals surface area (Å²) in [6.45, 7) is 7.58. The number of aromatic amines is 1. The molecule has 4 nitrogen and oxygen atoms in total. The van der Waals surface area contributed by atoms with Gasteiger partial charge < -0.3 is 9.88 Å². The SMILES string of the molecule is CCCN(CCC)C(=O)c1[nH]c2c(c1C)C(=O)CCC2. The molecule has 1 aliphatic carbocycles. The van der Waals surface area contributed by atoms with E-state index in [9.17, 15) is 9.59 Å². The number of aryl methyl sites for hydroxylation is 1. The Morgan fingerprint density at radius 1 is 1.20 bits per heavy atom. The van der Waals surface area contributed by atoms with Gasteiger partial charge in [-0.2, -0.15) is 0 Å². The van der Waals surface area contributed by atoms with Crippen LogP contribution in [-0.4, -0.2) is 34.7 Å². The van der Waals surface area contributed by atoms with Crippen LogP contribution in [0.15, 0.2) is 0 Å². The molecule has 4 heteroatoms. The van der Waals surface area contributed by atoms with Gasteiger partial charge in [0, 0.05) is 30.8 Å². The molecule has 2 rings (SSSR count). The van der Waals surface area contributed by atoms with Crippen molar-refractivity contribution in [3.8, 4) is 0 Å². The molecule has 0 spiro atoms. The molecule has 0 aliphatic heterocycles. The van der Waals surface area contributed by atoms with Crippen molar-refractivity contribution in [1.29, 1.82) is 0 Å². The van der Waals surface area contributed by atoms with Gasteiger partial charge in [-0.3, -0.25) is 9.59 Å². The molecule has 1 aliphatic rings. The van der Waals surface area contributed by atoms with Crippen LogP contribution in [0.5, 0.6) is 0 Å². The fraction of sp³-hybridized carbons (Fsp3) is 0.625. The fourth-order valence-electron chi connectivity index (χ4n) is 3.00. The molecule has 1 aromatic heterocycles. The lowest BCUT2D eigenvalue weighted by Crippen LogP contribution is -2.33. The number of hydrogen-bond acceptors (Lipinski definition) is 2. The van der Waals surface area contributed by atoms with Crippen LogP contribution in [0, 0.1) is 6.92 Å². The number of aromatic nitrogens is 1. The van der Waals surface area contributed by atoms with Crippen LogP contribution >= 0.6 is 0 Å². The maximum Gasteiger partial charge on any atom is 0.270 e. The maximum atomic E-state index is 12.7. The highest BCUT2D eigenvalue weighted by molar-refractivity contribution is 6.04. The second kappa shape index (κ2) is 6.25. The molecule has 0 bridgehead atoms. The van der Waals surface area contributed by atoms with Crippen molar-refractivity contribution in [3.63, 3.8) is 0 Å². The number of rotatable bonds is 5. The number of H-pyrrole nitrogens is 1. The summed E-state index contributed by atoms with van der Waals surface area (Å²) < 4.78 is 0. The van der Waals surface area contributed by atoms with Gasteiger partial charge in [-0.25, -0.2) is 0 Å². The Bertz CT molecular complexity index is 511. The van der Waals surface area contributed by atoms with Crippen LogP contribution < -0.4 is 0 Å². The summed E-state index contributed by atoms with van der Waals surface area (Å²) in [5.74, 6) is 0.213. The molecule has 20 heavy (non-hydrogen) atoms. The normalized spacial score (nSPS) is 14.2. The second-order valence-electron chi connectivity index (χ2n) is 5.55. The lowest BCUT2D eigenvalue weighted by molar-refractivity contribution is 0.0749.